The van der Waals surface area contributed by atoms with E-state index < -0.39 is 0 Å². The van der Waals surface area contributed by atoms with Crippen molar-refractivity contribution < 1.29 is 0 Å². The largest absolute Gasteiger partial charge is 0.103 e. The maximum absolute atomic E-state index is 3.91. The van der Waals surface area contributed by atoms with E-state index in [1.54, 1.807) is 0 Å². The summed E-state index contributed by atoms with van der Waals surface area (Å²) in [5.41, 5.74) is 0. The van der Waals surface area contributed by atoms with Crippen LogP contribution in [-0.4, -0.2) is 0 Å². The minimum atomic E-state index is 1.02. The predicted octanol–water partition coefficient (Wildman–Crippen LogP) is 10.8. The highest BCUT2D eigenvalue weighted by Crippen LogP contribution is 2.15. The van der Waals surface area contributed by atoms with Crippen LogP contribution in [0.4, 0.5) is 0 Å². The van der Waals surface area contributed by atoms with Crippen LogP contribution in [-0.2, 0) is 0 Å². The van der Waals surface area contributed by atoms with Crippen molar-refractivity contribution in [3.63, 3.8) is 0 Å². The van der Waals surface area contributed by atoms with Gasteiger partial charge in [-0.05, 0) is 12.8 Å². The second-order valence-electron chi connectivity index (χ2n) is 9.34. The van der Waals surface area contributed by atoms with Crippen LogP contribution in [0, 0.1) is 25.7 Å². The number of unbranched alkanes of at least 4 members (excludes halogenated alkanes) is 24. The first-order chi connectivity index (χ1) is 14.9. The van der Waals surface area contributed by atoms with E-state index in [2.05, 4.69) is 25.7 Å². The molecule has 0 spiro atoms. The van der Waals surface area contributed by atoms with Gasteiger partial charge < -0.3 is 0 Å². The van der Waals surface area contributed by atoms with Crippen molar-refractivity contribution in [1.29, 1.82) is 0 Å². The highest BCUT2D eigenvalue weighted by atomic mass is 14.0. The molecule has 0 rings (SSSR count). The van der Waals surface area contributed by atoms with E-state index in [0.717, 1.165) is 32.1 Å². The van der Waals surface area contributed by atoms with Crippen molar-refractivity contribution >= 4 is 0 Å². The minimum absolute atomic E-state index is 1.02. The molecule has 0 aromatic carbocycles. The molecular weight excluding hydrogens is 360 g/mol. The van der Waals surface area contributed by atoms with Crippen molar-refractivity contribution in [3.8, 4) is 11.8 Å². The van der Waals surface area contributed by atoms with Crippen molar-refractivity contribution in [2.45, 2.75) is 167 Å². The Morgan fingerprint density at radius 3 is 0.800 bits per heavy atom. The van der Waals surface area contributed by atoms with Gasteiger partial charge in [0.25, 0.3) is 0 Å². The van der Waals surface area contributed by atoms with E-state index in [4.69, 9.17) is 0 Å². The number of hydrogen-bond donors (Lipinski definition) is 0. The standard InChI is InChI=1S/C30H56/c1-3-5-7-9-11-13-15-17-19-21-23-25-27-29-30-28-26-24-22-20-18-16-14-12-10-8-6-4-2/h1-9,11,13-30H2. The summed E-state index contributed by atoms with van der Waals surface area (Å²) in [6, 6.07) is 0. The van der Waals surface area contributed by atoms with Crippen LogP contribution in [0.2, 0.25) is 0 Å². The van der Waals surface area contributed by atoms with E-state index in [1.165, 1.54) is 135 Å². The molecule has 0 unspecified atom stereocenters. The first-order valence-electron chi connectivity index (χ1n) is 14.0. The second-order valence-corrected chi connectivity index (χ2v) is 9.34. The molecule has 2 radical (unpaired) electrons. The lowest BCUT2D eigenvalue weighted by Gasteiger charge is -2.04. The van der Waals surface area contributed by atoms with Crippen LogP contribution in [0.1, 0.15) is 167 Å². The van der Waals surface area contributed by atoms with Crippen LogP contribution >= 0.6 is 0 Å². The number of hydrogen-bond acceptors (Lipinski definition) is 0. The molecule has 0 N–H and O–H groups in total. The third-order valence-electron chi connectivity index (χ3n) is 6.23. The minimum Gasteiger partial charge on any atom is -0.103 e. The third-order valence-corrected chi connectivity index (χ3v) is 6.23. The second kappa shape index (κ2) is 28.6. The summed E-state index contributed by atoms with van der Waals surface area (Å²) in [5.74, 6) is 6.56. The van der Waals surface area contributed by atoms with E-state index in [1.807, 2.05) is 0 Å². The molecular formula is C30H56. The quantitative estimate of drug-likeness (QED) is 0.108. The summed E-state index contributed by atoms with van der Waals surface area (Å²) in [7, 11) is 0. The zero-order valence-corrected chi connectivity index (χ0v) is 20.8. The van der Waals surface area contributed by atoms with Gasteiger partial charge in [0.05, 0.1) is 0 Å². The first kappa shape index (κ1) is 29.6. The van der Waals surface area contributed by atoms with Crippen molar-refractivity contribution in [1.82, 2.24) is 0 Å². The molecule has 0 aliphatic rings. The highest BCUT2D eigenvalue weighted by Gasteiger charge is 1.95. The fraction of sp³-hybridized carbons (Fsp3) is 0.867. The molecule has 0 saturated heterocycles. The zero-order chi connectivity index (χ0) is 21.8. The van der Waals surface area contributed by atoms with Crippen LogP contribution in [0.5, 0.6) is 0 Å². The summed E-state index contributed by atoms with van der Waals surface area (Å²) in [5, 5.41) is 0. The van der Waals surface area contributed by atoms with Crippen molar-refractivity contribution in [2.24, 2.45) is 0 Å². The van der Waals surface area contributed by atoms with Gasteiger partial charge in [-0.2, -0.15) is 0 Å². The highest BCUT2D eigenvalue weighted by molar-refractivity contribution is 4.98. The Labute approximate surface area is 192 Å². The van der Waals surface area contributed by atoms with Crippen LogP contribution in [0.15, 0.2) is 0 Å². The Kier molecular flexibility index (Phi) is 28.1. The Bertz CT molecular complexity index is 345. The van der Waals surface area contributed by atoms with E-state index in [0.29, 0.717) is 0 Å². The van der Waals surface area contributed by atoms with Gasteiger partial charge in [-0.25, -0.2) is 0 Å². The molecule has 0 aliphatic heterocycles. The molecule has 30 heavy (non-hydrogen) atoms. The van der Waals surface area contributed by atoms with Crippen molar-refractivity contribution in [2.75, 3.05) is 0 Å². The maximum atomic E-state index is 3.91. The van der Waals surface area contributed by atoms with Gasteiger partial charge in [0, 0.05) is 12.8 Å². The Hall–Kier alpha value is -0.440. The molecule has 0 amide bonds. The zero-order valence-electron chi connectivity index (χ0n) is 20.8. The van der Waals surface area contributed by atoms with Gasteiger partial charge in [0.2, 0.25) is 0 Å². The van der Waals surface area contributed by atoms with Gasteiger partial charge in [-0.1, -0.05) is 155 Å². The molecule has 0 aromatic rings. The summed E-state index contributed by atoms with van der Waals surface area (Å²) in [4.78, 5) is 0. The normalized spacial score (nSPS) is 10.9. The molecule has 0 bridgehead atoms. The first-order valence-corrected chi connectivity index (χ1v) is 14.0. The van der Waals surface area contributed by atoms with Crippen LogP contribution < -0.4 is 0 Å². The number of rotatable bonds is 24. The summed E-state index contributed by atoms with van der Waals surface area (Å²) in [6.45, 7) is 7.76. The monoisotopic (exact) mass is 416 g/mol. The molecule has 0 aliphatic carbocycles. The Balaban J connectivity index is 3.02. The maximum Gasteiger partial charge on any atom is 0.00886 e. The average molecular weight is 417 g/mol. The molecule has 0 nitrogen and oxygen atoms in total. The van der Waals surface area contributed by atoms with Gasteiger partial charge >= 0.3 is 0 Å². The molecule has 0 heteroatoms. The molecule has 0 saturated carbocycles. The van der Waals surface area contributed by atoms with E-state index >= 15 is 0 Å². The third kappa shape index (κ3) is 27.6. The van der Waals surface area contributed by atoms with Crippen molar-refractivity contribution in [3.05, 3.63) is 13.8 Å². The fourth-order valence-electron chi connectivity index (χ4n) is 4.14. The van der Waals surface area contributed by atoms with Crippen LogP contribution in [0.25, 0.3) is 0 Å². The fourth-order valence-corrected chi connectivity index (χ4v) is 4.14. The molecule has 0 aromatic heterocycles. The average Bonchev–Trinajstić information content (AvgIpc) is 2.76. The SMILES string of the molecule is [CH2]CCCC#CCCCCCCCCCCCCCCCCCCCCCCC[CH2]. The summed E-state index contributed by atoms with van der Waals surface area (Å²) in [6.07, 6.45) is 35.7. The van der Waals surface area contributed by atoms with Gasteiger partial charge in [-0.3, -0.25) is 0 Å². The van der Waals surface area contributed by atoms with Gasteiger partial charge in [0.15, 0.2) is 0 Å². The van der Waals surface area contributed by atoms with E-state index in [-0.39, 0.29) is 0 Å². The lowest BCUT2D eigenvalue weighted by Crippen LogP contribution is -1.84. The Morgan fingerprint density at radius 1 is 0.267 bits per heavy atom. The van der Waals surface area contributed by atoms with Crippen LogP contribution in [0.3, 0.4) is 0 Å². The summed E-state index contributed by atoms with van der Waals surface area (Å²) >= 11 is 0. The molecule has 0 atom stereocenters. The molecule has 0 fully saturated rings. The summed E-state index contributed by atoms with van der Waals surface area (Å²) < 4.78 is 0. The topological polar surface area (TPSA) is 0 Å². The lowest BCUT2D eigenvalue weighted by atomic mass is 10.0. The molecule has 0 heterocycles. The smallest absolute Gasteiger partial charge is 0.00886 e. The Morgan fingerprint density at radius 2 is 0.500 bits per heavy atom. The predicted molar refractivity (Wildman–Crippen MR) is 139 cm³/mol. The van der Waals surface area contributed by atoms with Gasteiger partial charge in [-0.15, -0.1) is 11.8 Å². The van der Waals surface area contributed by atoms with E-state index in [9.17, 15) is 0 Å². The lowest BCUT2D eigenvalue weighted by molar-refractivity contribution is 0.520. The van der Waals surface area contributed by atoms with Gasteiger partial charge in [0.1, 0.15) is 0 Å². The molecule has 176 valence electrons.